The highest BCUT2D eigenvalue weighted by Crippen LogP contribution is 2.34. The zero-order chi connectivity index (χ0) is 24.4. The minimum absolute atomic E-state index is 0.338. The molecule has 34 heavy (non-hydrogen) atoms. The van der Waals surface area contributed by atoms with Gasteiger partial charge < -0.3 is 15.2 Å². The van der Waals surface area contributed by atoms with Crippen molar-refractivity contribution in [3.05, 3.63) is 40.7 Å². The van der Waals surface area contributed by atoms with Gasteiger partial charge in [-0.1, -0.05) is 0 Å². The number of nitrogens with one attached hydrogen (secondary N) is 1. The van der Waals surface area contributed by atoms with Gasteiger partial charge in [0.2, 0.25) is 5.88 Å². The number of aliphatic imine (C=N–C) groups is 1. The molecular formula is C24H32N8O2. The molecule has 1 aliphatic rings. The lowest BCUT2D eigenvalue weighted by Crippen LogP contribution is -2.31. The van der Waals surface area contributed by atoms with Gasteiger partial charge in [0, 0.05) is 32.6 Å². The lowest BCUT2D eigenvalue weighted by molar-refractivity contribution is 0.224. The molecule has 180 valence electrons. The number of fused-ring (bicyclic) bond motifs is 3. The van der Waals surface area contributed by atoms with Crippen LogP contribution in [0.4, 0.5) is 0 Å². The second kappa shape index (κ2) is 9.68. The van der Waals surface area contributed by atoms with E-state index in [1.54, 1.807) is 11.7 Å². The number of aryl methyl sites for hydroxylation is 3. The third kappa shape index (κ3) is 4.41. The quantitative estimate of drug-likeness (QED) is 0.560. The average Bonchev–Trinajstić information content (AvgIpc) is 3.32. The van der Waals surface area contributed by atoms with Crippen molar-refractivity contribution in [1.82, 2.24) is 29.9 Å². The lowest BCUT2D eigenvalue weighted by Gasteiger charge is -2.20. The van der Waals surface area contributed by atoms with Crippen LogP contribution in [0.5, 0.6) is 5.88 Å². The number of aromatic amines is 1. The van der Waals surface area contributed by atoms with Crippen LogP contribution in [-0.2, 0) is 11.8 Å². The molecule has 4 rings (SSSR count). The molecule has 1 aliphatic heterocycles. The van der Waals surface area contributed by atoms with E-state index in [0.29, 0.717) is 38.1 Å². The number of aromatic nitrogens is 5. The first-order chi connectivity index (χ1) is 16.3. The molecule has 10 nitrogen and oxygen atoms in total. The lowest BCUT2D eigenvalue weighted by atomic mass is 10.1. The second-order valence-electron chi connectivity index (χ2n) is 8.32. The second-order valence-corrected chi connectivity index (χ2v) is 8.32. The fourth-order valence-electron chi connectivity index (χ4n) is 4.17. The van der Waals surface area contributed by atoms with E-state index in [0.717, 1.165) is 50.5 Å². The summed E-state index contributed by atoms with van der Waals surface area (Å²) < 4.78 is 13.6. The number of likely N-dealkylation sites (N-methyl/N-ethyl adjacent to an activating group) is 1. The molecule has 0 saturated heterocycles. The Morgan fingerprint density at radius 1 is 1.26 bits per heavy atom. The van der Waals surface area contributed by atoms with E-state index in [1.807, 2.05) is 53.1 Å². The summed E-state index contributed by atoms with van der Waals surface area (Å²) in [6.07, 6.45) is 3.89. The number of hydrogen-bond donors (Lipinski definition) is 2. The fourth-order valence-corrected chi connectivity index (χ4v) is 4.17. The first-order valence-electron chi connectivity index (χ1n) is 11.3. The van der Waals surface area contributed by atoms with Crippen LogP contribution in [0, 0.1) is 13.8 Å². The SMILES string of the molecule is CCO/C(N)=C1\C=C\c2[nH]nc3c(C)nc(cc23)-c2c(C)nn(C)c2OCCN(C)CC1=NC. The Bertz CT molecular complexity index is 1300. The van der Waals surface area contributed by atoms with Crippen LogP contribution in [0.25, 0.3) is 28.2 Å². The Morgan fingerprint density at radius 3 is 2.79 bits per heavy atom. The van der Waals surface area contributed by atoms with Crippen molar-refractivity contribution in [1.29, 1.82) is 0 Å². The highest BCUT2D eigenvalue weighted by Gasteiger charge is 2.21. The molecule has 0 atom stereocenters. The van der Waals surface area contributed by atoms with Crippen LogP contribution in [-0.4, -0.2) is 76.0 Å². The monoisotopic (exact) mass is 464 g/mol. The molecular weight excluding hydrogens is 432 g/mol. The molecule has 0 saturated carbocycles. The molecule has 10 heteroatoms. The summed E-state index contributed by atoms with van der Waals surface area (Å²) in [5.41, 5.74) is 12.9. The zero-order valence-electron chi connectivity index (χ0n) is 20.6. The topological polar surface area (TPSA) is 119 Å². The number of rotatable bonds is 2. The number of nitrogens with two attached hydrogens (primary N) is 1. The summed E-state index contributed by atoms with van der Waals surface area (Å²) in [4.78, 5) is 11.5. The van der Waals surface area contributed by atoms with E-state index in [1.165, 1.54) is 0 Å². The normalized spacial score (nSPS) is 18.9. The summed E-state index contributed by atoms with van der Waals surface area (Å²) in [5.74, 6) is 1.03. The fraction of sp³-hybridized carbons (Fsp3) is 0.417. The van der Waals surface area contributed by atoms with Gasteiger partial charge in [-0.05, 0) is 46.0 Å². The molecule has 0 unspecified atom stereocenters. The zero-order valence-corrected chi connectivity index (χ0v) is 20.6. The van der Waals surface area contributed by atoms with E-state index >= 15 is 0 Å². The van der Waals surface area contributed by atoms with Crippen LogP contribution in [0.3, 0.4) is 0 Å². The van der Waals surface area contributed by atoms with Crippen molar-refractivity contribution >= 4 is 22.7 Å². The maximum absolute atomic E-state index is 6.30. The van der Waals surface area contributed by atoms with Crippen molar-refractivity contribution in [3.8, 4) is 17.1 Å². The molecule has 0 aliphatic carbocycles. The summed E-state index contributed by atoms with van der Waals surface area (Å²) >= 11 is 0. The molecule has 0 fully saturated rings. The van der Waals surface area contributed by atoms with Crippen molar-refractivity contribution in [2.45, 2.75) is 20.8 Å². The van der Waals surface area contributed by atoms with Crippen LogP contribution >= 0.6 is 0 Å². The van der Waals surface area contributed by atoms with Gasteiger partial charge in [-0.2, -0.15) is 10.2 Å². The molecule has 3 aromatic rings. The third-order valence-electron chi connectivity index (χ3n) is 5.87. The van der Waals surface area contributed by atoms with E-state index in [-0.39, 0.29) is 0 Å². The average molecular weight is 465 g/mol. The van der Waals surface area contributed by atoms with E-state index < -0.39 is 0 Å². The molecule has 3 aromatic heterocycles. The molecule has 3 N–H and O–H groups in total. The molecule has 0 amide bonds. The third-order valence-corrected chi connectivity index (χ3v) is 5.87. The van der Waals surface area contributed by atoms with Gasteiger partial charge in [0.15, 0.2) is 5.88 Å². The van der Waals surface area contributed by atoms with Gasteiger partial charge in [-0.3, -0.25) is 20.0 Å². The molecule has 0 radical (unpaired) electrons. The predicted octanol–water partition coefficient (Wildman–Crippen LogP) is 2.59. The van der Waals surface area contributed by atoms with Gasteiger partial charge in [0.05, 0.1) is 46.2 Å². The number of nitrogens with zero attached hydrogens (tertiary/aromatic N) is 6. The van der Waals surface area contributed by atoms with Crippen LogP contribution in [0.1, 0.15) is 24.0 Å². The maximum Gasteiger partial charge on any atom is 0.221 e. The number of ether oxygens (including phenoxy) is 2. The Kier molecular flexibility index (Phi) is 6.69. The van der Waals surface area contributed by atoms with E-state index in [4.69, 9.17) is 20.2 Å². The first-order valence-corrected chi connectivity index (χ1v) is 11.3. The molecule has 2 bridgehead atoms. The van der Waals surface area contributed by atoms with Gasteiger partial charge in [0.1, 0.15) is 12.1 Å². The van der Waals surface area contributed by atoms with Gasteiger partial charge in [-0.25, -0.2) is 4.68 Å². The summed E-state index contributed by atoms with van der Waals surface area (Å²) in [5, 5.41) is 13.2. The predicted molar refractivity (Wildman–Crippen MR) is 134 cm³/mol. The maximum atomic E-state index is 6.30. The van der Waals surface area contributed by atoms with E-state index in [9.17, 15) is 0 Å². The van der Waals surface area contributed by atoms with Crippen LogP contribution in [0.15, 0.2) is 28.6 Å². The molecule has 0 aromatic carbocycles. The number of pyridine rings is 1. The summed E-state index contributed by atoms with van der Waals surface area (Å²) in [7, 11) is 5.67. The molecule has 0 spiro atoms. The van der Waals surface area contributed by atoms with Crippen molar-refractivity contribution < 1.29 is 9.47 Å². The minimum Gasteiger partial charge on any atom is -0.479 e. The van der Waals surface area contributed by atoms with Gasteiger partial charge in [-0.15, -0.1) is 0 Å². The van der Waals surface area contributed by atoms with Crippen LogP contribution in [0.2, 0.25) is 0 Å². The summed E-state index contributed by atoms with van der Waals surface area (Å²) in [6.45, 7) is 8.04. The minimum atomic E-state index is 0.338. The summed E-state index contributed by atoms with van der Waals surface area (Å²) in [6, 6.07) is 2.03. The van der Waals surface area contributed by atoms with Crippen molar-refractivity contribution in [2.75, 3.05) is 40.4 Å². The highest BCUT2D eigenvalue weighted by atomic mass is 16.5. The first kappa shape index (κ1) is 23.5. The number of allylic oxidation sites excluding steroid dienone is 1. The van der Waals surface area contributed by atoms with Crippen LogP contribution < -0.4 is 10.5 Å². The largest absolute Gasteiger partial charge is 0.479 e. The molecule has 4 heterocycles. The Morgan fingerprint density at radius 2 is 2.06 bits per heavy atom. The number of H-pyrrole nitrogens is 1. The Hall–Kier alpha value is -3.66. The van der Waals surface area contributed by atoms with Gasteiger partial charge in [0.25, 0.3) is 0 Å². The van der Waals surface area contributed by atoms with Gasteiger partial charge >= 0.3 is 0 Å². The number of hydrogen-bond acceptors (Lipinski definition) is 8. The van der Waals surface area contributed by atoms with Crippen molar-refractivity contribution in [2.24, 2.45) is 17.8 Å². The van der Waals surface area contributed by atoms with E-state index in [2.05, 4.69) is 25.2 Å². The Labute approximate surface area is 199 Å². The highest BCUT2D eigenvalue weighted by molar-refractivity contribution is 6.05. The van der Waals surface area contributed by atoms with Crippen molar-refractivity contribution in [3.63, 3.8) is 0 Å². The standard InChI is InChI=1S/C24H32N8O2/c1-7-33-23(25)16-8-9-18-17-12-19(27-15(3)22(17)29-28-18)21-14(2)30-32(6)24(21)34-11-10-31(5)13-20(16)26-4/h8-9,12H,7,10-11,13,25H2,1-6H3,(H,28,29)/b9-8+,23-16+,26-20?. The Balaban J connectivity index is 1.94. The smallest absolute Gasteiger partial charge is 0.221 e.